The molecule has 1 unspecified atom stereocenters. The second-order valence-electron chi connectivity index (χ2n) is 4.18. The lowest BCUT2D eigenvalue weighted by molar-refractivity contribution is -0.143. The van der Waals surface area contributed by atoms with Crippen LogP contribution in [0.1, 0.15) is 34.8 Å². The van der Waals surface area contributed by atoms with Gasteiger partial charge in [0, 0.05) is 18.5 Å². The summed E-state index contributed by atoms with van der Waals surface area (Å²) >= 11 is 1.32. The molecule has 18 heavy (non-hydrogen) atoms. The van der Waals surface area contributed by atoms with Gasteiger partial charge in [-0.25, -0.2) is 9.78 Å². The number of hydrogen-bond donors (Lipinski definition) is 2. The molecule has 1 aromatic rings. The van der Waals surface area contributed by atoms with E-state index in [1.54, 1.807) is 5.38 Å². The Morgan fingerprint density at radius 1 is 1.56 bits per heavy atom. The quantitative estimate of drug-likeness (QED) is 0.841. The lowest BCUT2D eigenvalue weighted by Gasteiger charge is -2.32. The average molecular weight is 269 g/mol. The normalized spacial score (nSPS) is 19.8. The fraction of sp³-hybridized carbons (Fsp3) is 0.545. The van der Waals surface area contributed by atoms with Crippen molar-refractivity contribution in [1.82, 2.24) is 9.88 Å². The molecule has 1 aliphatic rings. The fourth-order valence-electron chi connectivity index (χ4n) is 2.08. The van der Waals surface area contributed by atoms with Crippen LogP contribution in [0.25, 0.3) is 0 Å². The molecular formula is C11H15N3O3S. The van der Waals surface area contributed by atoms with Gasteiger partial charge in [-0.1, -0.05) is 0 Å². The molecular weight excluding hydrogens is 254 g/mol. The molecule has 1 fully saturated rings. The monoisotopic (exact) mass is 269 g/mol. The maximum absolute atomic E-state index is 12.2. The van der Waals surface area contributed by atoms with Crippen molar-refractivity contribution < 1.29 is 14.7 Å². The maximum atomic E-state index is 12.2. The molecule has 1 atom stereocenters. The van der Waals surface area contributed by atoms with Gasteiger partial charge in [-0.15, -0.1) is 11.3 Å². The van der Waals surface area contributed by atoms with Crippen molar-refractivity contribution in [3.05, 3.63) is 16.1 Å². The van der Waals surface area contributed by atoms with Crippen LogP contribution in [-0.4, -0.2) is 39.5 Å². The van der Waals surface area contributed by atoms with Crippen LogP contribution < -0.4 is 5.73 Å². The molecule has 6 nitrogen and oxygen atoms in total. The number of carboxylic acids is 1. The van der Waals surface area contributed by atoms with Crippen LogP contribution in [-0.2, 0) is 11.3 Å². The molecule has 1 aliphatic heterocycles. The standard InChI is InChI=1S/C11H15N3O3S/c12-5-9-13-7(6-18-9)10(15)14-4-2-1-3-8(14)11(16)17/h6,8H,1-5,12H2,(H,16,17). The predicted octanol–water partition coefficient (Wildman–Crippen LogP) is 0.681. The number of rotatable bonds is 3. The molecule has 1 amide bonds. The summed E-state index contributed by atoms with van der Waals surface area (Å²) in [6.45, 7) is 0.769. The number of aliphatic carboxylic acids is 1. The van der Waals surface area contributed by atoms with Crippen molar-refractivity contribution in [2.24, 2.45) is 5.73 Å². The summed E-state index contributed by atoms with van der Waals surface area (Å²) in [5, 5.41) is 11.4. The van der Waals surface area contributed by atoms with Crippen LogP contribution in [0.3, 0.4) is 0 Å². The van der Waals surface area contributed by atoms with E-state index < -0.39 is 12.0 Å². The van der Waals surface area contributed by atoms with Gasteiger partial charge in [0.1, 0.15) is 16.7 Å². The summed E-state index contributed by atoms with van der Waals surface area (Å²) in [5.74, 6) is -1.25. The zero-order valence-corrected chi connectivity index (χ0v) is 10.7. The third-order valence-electron chi connectivity index (χ3n) is 2.99. The number of piperidine rings is 1. The van der Waals surface area contributed by atoms with Crippen LogP contribution in [0.2, 0.25) is 0 Å². The molecule has 1 saturated heterocycles. The third-order valence-corrected chi connectivity index (χ3v) is 3.87. The minimum Gasteiger partial charge on any atom is -0.480 e. The number of carbonyl (C=O) groups is 2. The Balaban J connectivity index is 2.17. The first kappa shape index (κ1) is 13.0. The van der Waals surface area contributed by atoms with Gasteiger partial charge in [0.25, 0.3) is 5.91 Å². The van der Waals surface area contributed by atoms with Crippen LogP contribution in [0.5, 0.6) is 0 Å². The van der Waals surface area contributed by atoms with E-state index in [-0.39, 0.29) is 5.91 Å². The summed E-state index contributed by atoms with van der Waals surface area (Å²) in [4.78, 5) is 28.9. The molecule has 0 radical (unpaired) electrons. The van der Waals surface area contributed by atoms with E-state index in [2.05, 4.69) is 4.98 Å². The van der Waals surface area contributed by atoms with E-state index >= 15 is 0 Å². The largest absolute Gasteiger partial charge is 0.480 e. The summed E-state index contributed by atoms with van der Waals surface area (Å²) < 4.78 is 0. The molecule has 3 N–H and O–H groups in total. The highest BCUT2D eigenvalue weighted by atomic mass is 32.1. The Hall–Kier alpha value is -1.47. The molecule has 0 saturated carbocycles. The Morgan fingerprint density at radius 2 is 2.33 bits per heavy atom. The van der Waals surface area contributed by atoms with Gasteiger partial charge in [0.2, 0.25) is 0 Å². The topological polar surface area (TPSA) is 96.5 Å². The summed E-state index contributed by atoms with van der Waals surface area (Å²) in [6.07, 6.45) is 2.18. The van der Waals surface area contributed by atoms with E-state index in [0.29, 0.717) is 30.2 Å². The van der Waals surface area contributed by atoms with E-state index in [1.165, 1.54) is 16.2 Å². The molecule has 0 bridgehead atoms. The first-order chi connectivity index (χ1) is 8.63. The molecule has 2 rings (SSSR count). The number of nitrogens with zero attached hydrogens (tertiary/aromatic N) is 2. The van der Waals surface area contributed by atoms with Crippen molar-refractivity contribution in [3.8, 4) is 0 Å². The first-order valence-electron chi connectivity index (χ1n) is 5.81. The van der Waals surface area contributed by atoms with Crippen molar-refractivity contribution in [2.75, 3.05) is 6.54 Å². The zero-order chi connectivity index (χ0) is 13.1. The minimum absolute atomic E-state index is 0.292. The maximum Gasteiger partial charge on any atom is 0.326 e. The number of carbonyl (C=O) groups excluding carboxylic acids is 1. The smallest absolute Gasteiger partial charge is 0.326 e. The first-order valence-corrected chi connectivity index (χ1v) is 6.69. The Morgan fingerprint density at radius 3 is 2.94 bits per heavy atom. The highest BCUT2D eigenvalue weighted by Crippen LogP contribution is 2.20. The SMILES string of the molecule is NCc1nc(C(=O)N2CCCCC2C(=O)O)cs1. The molecule has 0 aromatic carbocycles. The van der Waals surface area contributed by atoms with E-state index in [4.69, 9.17) is 10.8 Å². The lowest BCUT2D eigenvalue weighted by Crippen LogP contribution is -2.48. The summed E-state index contributed by atoms with van der Waals surface area (Å²) in [6, 6.07) is -0.728. The molecule has 0 spiro atoms. The molecule has 1 aromatic heterocycles. The second kappa shape index (κ2) is 5.45. The van der Waals surface area contributed by atoms with Gasteiger partial charge >= 0.3 is 5.97 Å². The van der Waals surface area contributed by atoms with Gasteiger partial charge < -0.3 is 15.7 Å². The number of aromatic nitrogens is 1. The summed E-state index contributed by atoms with van der Waals surface area (Å²) in [5.41, 5.74) is 5.75. The predicted molar refractivity (Wildman–Crippen MR) is 66.3 cm³/mol. The van der Waals surface area contributed by atoms with Crippen LogP contribution >= 0.6 is 11.3 Å². The number of carboxylic acid groups (broad SMARTS) is 1. The van der Waals surface area contributed by atoms with Gasteiger partial charge in [0.15, 0.2) is 0 Å². The summed E-state index contributed by atoms with van der Waals surface area (Å²) in [7, 11) is 0. The van der Waals surface area contributed by atoms with E-state index in [1.807, 2.05) is 0 Å². The van der Waals surface area contributed by atoms with Crippen LogP contribution in [0.15, 0.2) is 5.38 Å². The second-order valence-corrected chi connectivity index (χ2v) is 5.12. The fourth-order valence-corrected chi connectivity index (χ4v) is 2.73. The van der Waals surface area contributed by atoms with E-state index in [9.17, 15) is 9.59 Å². The number of nitrogens with two attached hydrogens (primary N) is 1. The van der Waals surface area contributed by atoms with E-state index in [0.717, 1.165) is 12.8 Å². The molecule has 2 heterocycles. The average Bonchev–Trinajstić information content (AvgIpc) is 2.86. The minimum atomic E-state index is -0.947. The number of hydrogen-bond acceptors (Lipinski definition) is 5. The highest BCUT2D eigenvalue weighted by molar-refractivity contribution is 7.09. The third kappa shape index (κ3) is 2.51. The van der Waals surface area contributed by atoms with Crippen LogP contribution in [0.4, 0.5) is 0 Å². The van der Waals surface area contributed by atoms with Gasteiger partial charge in [0.05, 0.1) is 0 Å². The Kier molecular flexibility index (Phi) is 3.93. The van der Waals surface area contributed by atoms with Crippen LogP contribution in [0, 0.1) is 0 Å². The van der Waals surface area contributed by atoms with Crippen molar-refractivity contribution >= 4 is 23.2 Å². The van der Waals surface area contributed by atoms with Gasteiger partial charge in [-0.2, -0.15) is 0 Å². The zero-order valence-electron chi connectivity index (χ0n) is 9.83. The number of amides is 1. The molecule has 7 heteroatoms. The number of likely N-dealkylation sites (tertiary alicyclic amines) is 1. The number of thiazole rings is 1. The van der Waals surface area contributed by atoms with Gasteiger partial charge in [-0.3, -0.25) is 4.79 Å². The van der Waals surface area contributed by atoms with Crippen molar-refractivity contribution in [1.29, 1.82) is 0 Å². The van der Waals surface area contributed by atoms with Crippen molar-refractivity contribution in [2.45, 2.75) is 31.8 Å². The molecule has 0 aliphatic carbocycles. The highest BCUT2D eigenvalue weighted by Gasteiger charge is 2.33. The Bertz CT molecular complexity index is 460. The molecule has 98 valence electrons. The Labute approximate surface area is 108 Å². The van der Waals surface area contributed by atoms with Crippen molar-refractivity contribution in [3.63, 3.8) is 0 Å². The lowest BCUT2D eigenvalue weighted by atomic mass is 10.0. The van der Waals surface area contributed by atoms with Gasteiger partial charge in [-0.05, 0) is 19.3 Å².